The first-order valence-electron chi connectivity index (χ1n) is 9.14. The Balaban J connectivity index is 1.78. The zero-order valence-electron chi connectivity index (χ0n) is 17.8. The van der Waals surface area contributed by atoms with E-state index >= 15 is 0 Å². The van der Waals surface area contributed by atoms with Crippen molar-refractivity contribution in [2.24, 2.45) is 0 Å². The first kappa shape index (κ1) is 22.2. The molecular weight excluding hydrogens is 422 g/mol. The standard InChI is InChI=1S/C22H23NO7S/c1-25-13-10-18(28-4)21(19(11-13)29-5)23-22(24)16-8-9-20(30-16)31-14-6-7-15(26-2)17(12-14)27-3/h6-12H,1-5H3,(H,23,24). The Morgan fingerprint density at radius 2 is 1.42 bits per heavy atom. The minimum atomic E-state index is -0.444. The summed E-state index contributed by atoms with van der Waals surface area (Å²) in [6, 6.07) is 12.1. The molecule has 0 atom stereocenters. The number of carbonyl (C=O) groups is 1. The van der Waals surface area contributed by atoms with Crippen LogP contribution < -0.4 is 29.0 Å². The normalized spacial score (nSPS) is 10.4. The Labute approximate surface area is 184 Å². The molecule has 0 saturated carbocycles. The highest BCUT2D eigenvalue weighted by Gasteiger charge is 2.19. The summed E-state index contributed by atoms with van der Waals surface area (Å²) < 4.78 is 32.2. The maximum atomic E-state index is 12.8. The lowest BCUT2D eigenvalue weighted by Gasteiger charge is -2.15. The number of hydrogen-bond donors (Lipinski definition) is 1. The summed E-state index contributed by atoms with van der Waals surface area (Å²) in [6.07, 6.45) is 0. The molecule has 8 nitrogen and oxygen atoms in total. The van der Waals surface area contributed by atoms with Crippen LogP contribution in [-0.4, -0.2) is 41.5 Å². The van der Waals surface area contributed by atoms with E-state index in [9.17, 15) is 4.79 Å². The zero-order chi connectivity index (χ0) is 22.4. The van der Waals surface area contributed by atoms with Gasteiger partial charge in [-0.15, -0.1) is 0 Å². The van der Waals surface area contributed by atoms with Crippen LogP contribution in [0.3, 0.4) is 0 Å². The molecule has 1 amide bonds. The lowest BCUT2D eigenvalue weighted by atomic mass is 10.2. The minimum Gasteiger partial charge on any atom is -0.496 e. The molecule has 0 aliphatic heterocycles. The van der Waals surface area contributed by atoms with Crippen molar-refractivity contribution in [3.63, 3.8) is 0 Å². The predicted molar refractivity (Wildman–Crippen MR) is 116 cm³/mol. The number of ether oxygens (including phenoxy) is 5. The van der Waals surface area contributed by atoms with Crippen molar-refractivity contribution >= 4 is 23.4 Å². The molecule has 164 valence electrons. The molecule has 0 spiro atoms. The molecule has 3 aromatic rings. The van der Waals surface area contributed by atoms with E-state index in [1.54, 1.807) is 44.6 Å². The van der Waals surface area contributed by atoms with Crippen LogP contribution in [0.1, 0.15) is 10.6 Å². The van der Waals surface area contributed by atoms with Crippen LogP contribution in [-0.2, 0) is 0 Å². The van der Waals surface area contributed by atoms with Crippen LogP contribution in [0.2, 0.25) is 0 Å². The lowest BCUT2D eigenvalue weighted by molar-refractivity contribution is 0.0991. The molecule has 0 bridgehead atoms. The zero-order valence-corrected chi connectivity index (χ0v) is 18.6. The van der Waals surface area contributed by atoms with E-state index in [0.29, 0.717) is 39.5 Å². The SMILES string of the molecule is COc1cc(OC)c(NC(=O)c2ccc(Sc3ccc(OC)c(OC)c3)o2)c(OC)c1. The molecule has 0 unspecified atom stereocenters. The molecule has 1 heterocycles. The summed E-state index contributed by atoms with van der Waals surface area (Å²) in [7, 11) is 7.68. The van der Waals surface area contributed by atoms with Gasteiger partial charge in [-0.3, -0.25) is 4.79 Å². The van der Waals surface area contributed by atoms with Crippen molar-refractivity contribution in [2.75, 3.05) is 40.9 Å². The van der Waals surface area contributed by atoms with Gasteiger partial charge in [0.25, 0.3) is 5.91 Å². The van der Waals surface area contributed by atoms with E-state index in [4.69, 9.17) is 28.1 Å². The third-order valence-electron chi connectivity index (χ3n) is 4.33. The summed E-state index contributed by atoms with van der Waals surface area (Å²) in [5.74, 6) is 2.28. The highest BCUT2D eigenvalue weighted by atomic mass is 32.2. The van der Waals surface area contributed by atoms with Gasteiger partial charge in [0.15, 0.2) is 22.4 Å². The van der Waals surface area contributed by atoms with Crippen LogP contribution in [0, 0.1) is 0 Å². The van der Waals surface area contributed by atoms with E-state index in [1.807, 2.05) is 12.1 Å². The van der Waals surface area contributed by atoms with Crippen molar-refractivity contribution in [1.29, 1.82) is 0 Å². The van der Waals surface area contributed by atoms with Gasteiger partial charge in [-0.2, -0.15) is 0 Å². The van der Waals surface area contributed by atoms with Crippen molar-refractivity contribution in [3.05, 3.63) is 48.2 Å². The third-order valence-corrected chi connectivity index (χ3v) is 5.24. The fourth-order valence-corrected chi connectivity index (χ4v) is 3.60. The molecule has 31 heavy (non-hydrogen) atoms. The third kappa shape index (κ3) is 5.00. The maximum absolute atomic E-state index is 12.8. The van der Waals surface area contributed by atoms with Crippen molar-refractivity contribution < 1.29 is 32.9 Å². The number of methoxy groups -OCH3 is 5. The number of rotatable bonds is 9. The van der Waals surface area contributed by atoms with Crippen LogP contribution in [0.15, 0.2) is 56.9 Å². The molecule has 0 aliphatic carbocycles. The number of anilines is 1. The van der Waals surface area contributed by atoms with Gasteiger partial charge >= 0.3 is 0 Å². The molecule has 3 rings (SSSR count). The van der Waals surface area contributed by atoms with Crippen LogP contribution >= 0.6 is 11.8 Å². The summed E-state index contributed by atoms with van der Waals surface area (Å²) in [5.41, 5.74) is 0.376. The van der Waals surface area contributed by atoms with E-state index < -0.39 is 5.91 Å². The van der Waals surface area contributed by atoms with Gasteiger partial charge in [0.1, 0.15) is 22.9 Å². The topological polar surface area (TPSA) is 88.4 Å². The van der Waals surface area contributed by atoms with Gasteiger partial charge in [0, 0.05) is 17.0 Å². The van der Waals surface area contributed by atoms with E-state index in [2.05, 4.69) is 5.32 Å². The Bertz CT molecular complexity index is 1040. The average Bonchev–Trinajstić information content (AvgIpc) is 3.27. The second-order valence-corrected chi connectivity index (χ2v) is 7.18. The molecule has 1 N–H and O–H groups in total. The highest BCUT2D eigenvalue weighted by Crippen LogP contribution is 2.40. The Kier molecular flexibility index (Phi) is 7.19. The Morgan fingerprint density at radius 3 is 2.00 bits per heavy atom. The number of benzene rings is 2. The molecule has 0 radical (unpaired) electrons. The lowest BCUT2D eigenvalue weighted by Crippen LogP contribution is -2.13. The number of hydrogen-bond acceptors (Lipinski definition) is 8. The highest BCUT2D eigenvalue weighted by molar-refractivity contribution is 7.99. The van der Waals surface area contributed by atoms with Crippen LogP contribution in [0.4, 0.5) is 5.69 Å². The summed E-state index contributed by atoms with van der Waals surface area (Å²) >= 11 is 1.35. The summed E-state index contributed by atoms with van der Waals surface area (Å²) in [6.45, 7) is 0. The van der Waals surface area contributed by atoms with Crippen molar-refractivity contribution in [2.45, 2.75) is 9.99 Å². The number of carbonyl (C=O) groups excluding carboxylic acids is 1. The molecule has 2 aromatic carbocycles. The monoisotopic (exact) mass is 445 g/mol. The van der Waals surface area contributed by atoms with Gasteiger partial charge in [-0.25, -0.2) is 0 Å². The van der Waals surface area contributed by atoms with Crippen molar-refractivity contribution in [3.8, 4) is 28.7 Å². The van der Waals surface area contributed by atoms with E-state index in [1.165, 1.54) is 33.1 Å². The summed E-state index contributed by atoms with van der Waals surface area (Å²) in [4.78, 5) is 13.6. The number of amides is 1. The maximum Gasteiger partial charge on any atom is 0.291 e. The van der Waals surface area contributed by atoms with E-state index in [-0.39, 0.29) is 5.76 Å². The molecule has 0 aliphatic rings. The van der Waals surface area contributed by atoms with Crippen LogP contribution in [0.5, 0.6) is 28.7 Å². The van der Waals surface area contributed by atoms with Gasteiger partial charge in [-0.05, 0) is 30.3 Å². The molecule has 1 aromatic heterocycles. The first-order valence-corrected chi connectivity index (χ1v) is 9.95. The second-order valence-electron chi connectivity index (χ2n) is 6.10. The molecule has 0 saturated heterocycles. The Hall–Kier alpha value is -3.46. The molecular formula is C22H23NO7S. The van der Waals surface area contributed by atoms with Crippen molar-refractivity contribution in [1.82, 2.24) is 0 Å². The van der Waals surface area contributed by atoms with Gasteiger partial charge in [-0.1, -0.05) is 11.8 Å². The number of nitrogens with one attached hydrogen (secondary N) is 1. The average molecular weight is 445 g/mol. The summed E-state index contributed by atoms with van der Waals surface area (Å²) in [5, 5.41) is 3.32. The predicted octanol–water partition coefficient (Wildman–Crippen LogP) is 4.73. The molecule has 9 heteroatoms. The fourth-order valence-electron chi connectivity index (χ4n) is 2.80. The fraction of sp³-hybridized carbons (Fsp3) is 0.227. The van der Waals surface area contributed by atoms with E-state index in [0.717, 1.165) is 4.90 Å². The molecule has 0 fully saturated rings. The number of furan rings is 1. The van der Waals surface area contributed by atoms with Crippen LogP contribution in [0.25, 0.3) is 0 Å². The Morgan fingerprint density at radius 1 is 0.774 bits per heavy atom. The second kappa shape index (κ2) is 10.0. The first-order chi connectivity index (χ1) is 15.0. The van der Waals surface area contributed by atoms with Gasteiger partial charge in [0.05, 0.1) is 35.5 Å². The van der Waals surface area contributed by atoms with Gasteiger partial charge < -0.3 is 33.4 Å². The van der Waals surface area contributed by atoms with Gasteiger partial charge in [0.2, 0.25) is 0 Å². The largest absolute Gasteiger partial charge is 0.496 e. The minimum absolute atomic E-state index is 0.142. The quantitative estimate of drug-likeness (QED) is 0.506. The smallest absolute Gasteiger partial charge is 0.291 e.